The Bertz CT molecular complexity index is 471. The molecule has 3 nitrogen and oxygen atoms in total. The summed E-state index contributed by atoms with van der Waals surface area (Å²) in [6.45, 7) is 5.55. The molecule has 1 fully saturated rings. The molecule has 1 aliphatic heterocycles. The number of hydrogen-bond donors (Lipinski definition) is 1. The van der Waals surface area contributed by atoms with Crippen LogP contribution in [0.2, 0.25) is 0 Å². The molecule has 4 heteroatoms. The van der Waals surface area contributed by atoms with Crippen LogP contribution in [0, 0.1) is 5.41 Å². The summed E-state index contributed by atoms with van der Waals surface area (Å²) in [6.07, 6.45) is 4.04. The molecule has 0 bridgehead atoms. The number of rotatable bonds is 5. The summed E-state index contributed by atoms with van der Waals surface area (Å²) in [7, 11) is 0. The molecule has 1 aromatic rings. The average Bonchev–Trinajstić information content (AvgIpc) is 3.19. The van der Waals surface area contributed by atoms with Crippen molar-refractivity contribution >= 4 is 15.9 Å². The molecule has 1 aromatic carbocycles. The van der Waals surface area contributed by atoms with Gasteiger partial charge in [0, 0.05) is 13.1 Å². The van der Waals surface area contributed by atoms with E-state index >= 15 is 0 Å². The standard InChI is InChI=1S/C15H20BrNO2/c1-2-15(3-4-15)10-17-9-11-7-12(16)14-13(8-11)18-5-6-19-14/h7-8,17H,2-6,9-10H2,1H3. The van der Waals surface area contributed by atoms with E-state index in [1.54, 1.807) is 0 Å². The van der Waals surface area contributed by atoms with Crippen LogP contribution in [0.15, 0.2) is 16.6 Å². The van der Waals surface area contributed by atoms with Gasteiger partial charge in [-0.05, 0) is 58.3 Å². The van der Waals surface area contributed by atoms with Gasteiger partial charge in [-0.3, -0.25) is 0 Å². The van der Waals surface area contributed by atoms with E-state index < -0.39 is 0 Å². The third kappa shape index (κ3) is 2.90. The Morgan fingerprint density at radius 2 is 2.05 bits per heavy atom. The molecule has 0 unspecified atom stereocenters. The van der Waals surface area contributed by atoms with E-state index in [1.165, 1.54) is 24.8 Å². The largest absolute Gasteiger partial charge is 0.486 e. The second-order valence-electron chi connectivity index (χ2n) is 5.56. The van der Waals surface area contributed by atoms with E-state index in [9.17, 15) is 0 Å². The minimum atomic E-state index is 0.588. The minimum Gasteiger partial charge on any atom is -0.486 e. The van der Waals surface area contributed by atoms with E-state index in [0.717, 1.165) is 29.1 Å². The van der Waals surface area contributed by atoms with Gasteiger partial charge in [-0.1, -0.05) is 6.92 Å². The molecule has 2 aliphatic rings. The van der Waals surface area contributed by atoms with Crippen molar-refractivity contribution in [2.75, 3.05) is 19.8 Å². The van der Waals surface area contributed by atoms with Crippen LogP contribution in [0.3, 0.4) is 0 Å². The molecule has 0 radical (unpaired) electrons. The molecule has 0 amide bonds. The lowest BCUT2D eigenvalue weighted by atomic mass is 10.0. The lowest BCUT2D eigenvalue weighted by Gasteiger charge is -2.21. The second kappa shape index (κ2) is 5.33. The molecule has 0 saturated heterocycles. The van der Waals surface area contributed by atoms with E-state index in [0.29, 0.717) is 18.6 Å². The Balaban J connectivity index is 1.63. The van der Waals surface area contributed by atoms with Gasteiger partial charge in [-0.2, -0.15) is 0 Å². The maximum atomic E-state index is 5.64. The summed E-state index contributed by atoms with van der Waals surface area (Å²) in [5.74, 6) is 1.69. The average molecular weight is 326 g/mol. The Morgan fingerprint density at radius 1 is 1.26 bits per heavy atom. The fraction of sp³-hybridized carbons (Fsp3) is 0.600. The highest BCUT2D eigenvalue weighted by Gasteiger charge is 2.39. The molecule has 3 rings (SSSR count). The zero-order valence-electron chi connectivity index (χ0n) is 11.3. The lowest BCUT2D eigenvalue weighted by molar-refractivity contribution is 0.170. The highest BCUT2D eigenvalue weighted by atomic mass is 79.9. The Labute approximate surface area is 122 Å². The van der Waals surface area contributed by atoms with Crippen LogP contribution in [0.25, 0.3) is 0 Å². The fourth-order valence-corrected chi connectivity index (χ4v) is 3.17. The third-order valence-corrected chi connectivity index (χ3v) is 4.78. The number of halogens is 1. The zero-order valence-corrected chi connectivity index (χ0v) is 12.9. The molecule has 104 valence electrons. The molecule has 0 atom stereocenters. The summed E-state index contributed by atoms with van der Waals surface area (Å²) in [6, 6.07) is 4.20. The molecule has 1 aliphatic carbocycles. The van der Waals surface area contributed by atoms with Crippen molar-refractivity contribution in [3.05, 3.63) is 22.2 Å². The lowest BCUT2D eigenvalue weighted by Crippen LogP contribution is -2.23. The maximum absolute atomic E-state index is 5.64. The maximum Gasteiger partial charge on any atom is 0.175 e. The van der Waals surface area contributed by atoms with E-state index in [4.69, 9.17) is 9.47 Å². The first-order valence-corrected chi connectivity index (χ1v) is 7.80. The van der Waals surface area contributed by atoms with Crippen LogP contribution in [-0.2, 0) is 6.54 Å². The smallest absolute Gasteiger partial charge is 0.175 e. The molecule has 1 N–H and O–H groups in total. The first-order valence-electron chi connectivity index (χ1n) is 7.01. The van der Waals surface area contributed by atoms with Crippen molar-refractivity contribution < 1.29 is 9.47 Å². The Morgan fingerprint density at radius 3 is 2.79 bits per heavy atom. The second-order valence-corrected chi connectivity index (χ2v) is 6.41. The Hall–Kier alpha value is -0.740. The van der Waals surface area contributed by atoms with Crippen LogP contribution in [0.1, 0.15) is 31.7 Å². The van der Waals surface area contributed by atoms with Crippen LogP contribution in [0.5, 0.6) is 11.5 Å². The SMILES string of the molecule is CCC1(CNCc2cc(Br)c3c(c2)OCCO3)CC1. The molecule has 1 saturated carbocycles. The van der Waals surface area contributed by atoms with E-state index in [2.05, 4.69) is 40.3 Å². The number of hydrogen-bond acceptors (Lipinski definition) is 3. The van der Waals surface area contributed by atoms with Crippen molar-refractivity contribution in [2.24, 2.45) is 5.41 Å². The van der Waals surface area contributed by atoms with Crippen molar-refractivity contribution in [2.45, 2.75) is 32.7 Å². The molecule has 0 aromatic heterocycles. The summed E-state index contributed by atoms with van der Waals surface area (Å²) in [4.78, 5) is 0. The molecular formula is C15H20BrNO2. The molecular weight excluding hydrogens is 306 g/mol. The van der Waals surface area contributed by atoms with Gasteiger partial charge in [0.15, 0.2) is 11.5 Å². The summed E-state index contributed by atoms with van der Waals surface area (Å²) >= 11 is 3.56. The van der Waals surface area contributed by atoms with Gasteiger partial charge in [0.2, 0.25) is 0 Å². The van der Waals surface area contributed by atoms with Gasteiger partial charge in [0.1, 0.15) is 13.2 Å². The van der Waals surface area contributed by atoms with Crippen LogP contribution >= 0.6 is 15.9 Å². The number of fused-ring (bicyclic) bond motifs is 1. The number of nitrogens with one attached hydrogen (secondary N) is 1. The van der Waals surface area contributed by atoms with Gasteiger partial charge in [0.05, 0.1) is 4.47 Å². The molecule has 1 heterocycles. The first kappa shape index (κ1) is 13.3. The van der Waals surface area contributed by atoms with Crippen LogP contribution in [0.4, 0.5) is 0 Å². The summed E-state index contributed by atoms with van der Waals surface area (Å²) < 4.78 is 12.2. The number of ether oxygens (including phenoxy) is 2. The predicted octanol–water partition coefficient (Wildman–Crippen LogP) is 3.50. The monoisotopic (exact) mass is 325 g/mol. The Kier molecular flexibility index (Phi) is 3.72. The highest BCUT2D eigenvalue weighted by molar-refractivity contribution is 9.10. The van der Waals surface area contributed by atoms with Gasteiger partial charge in [-0.15, -0.1) is 0 Å². The summed E-state index contributed by atoms with van der Waals surface area (Å²) in [5, 5.41) is 3.57. The molecule has 19 heavy (non-hydrogen) atoms. The number of benzene rings is 1. The van der Waals surface area contributed by atoms with E-state index in [-0.39, 0.29) is 0 Å². The van der Waals surface area contributed by atoms with Gasteiger partial charge < -0.3 is 14.8 Å². The highest BCUT2D eigenvalue weighted by Crippen LogP contribution is 2.48. The van der Waals surface area contributed by atoms with Crippen molar-refractivity contribution in [3.63, 3.8) is 0 Å². The topological polar surface area (TPSA) is 30.5 Å². The van der Waals surface area contributed by atoms with Crippen LogP contribution in [-0.4, -0.2) is 19.8 Å². The first-order chi connectivity index (χ1) is 9.22. The quantitative estimate of drug-likeness (QED) is 0.898. The van der Waals surface area contributed by atoms with Gasteiger partial charge >= 0.3 is 0 Å². The van der Waals surface area contributed by atoms with E-state index in [1.807, 2.05) is 0 Å². The zero-order chi connectivity index (χ0) is 13.3. The van der Waals surface area contributed by atoms with Crippen molar-refractivity contribution in [1.29, 1.82) is 0 Å². The van der Waals surface area contributed by atoms with Crippen molar-refractivity contribution in [1.82, 2.24) is 5.32 Å². The predicted molar refractivity (Wildman–Crippen MR) is 78.8 cm³/mol. The van der Waals surface area contributed by atoms with Gasteiger partial charge in [-0.25, -0.2) is 0 Å². The van der Waals surface area contributed by atoms with Crippen LogP contribution < -0.4 is 14.8 Å². The summed E-state index contributed by atoms with van der Waals surface area (Å²) in [5.41, 5.74) is 1.83. The third-order valence-electron chi connectivity index (χ3n) is 4.19. The minimum absolute atomic E-state index is 0.588. The van der Waals surface area contributed by atoms with Crippen molar-refractivity contribution in [3.8, 4) is 11.5 Å². The fourth-order valence-electron chi connectivity index (χ4n) is 2.57. The normalized spacial score (nSPS) is 19.3. The molecule has 0 spiro atoms. The van der Waals surface area contributed by atoms with Gasteiger partial charge in [0.25, 0.3) is 0 Å².